The number of amides is 1. The highest BCUT2D eigenvalue weighted by Crippen LogP contribution is 2.48. The molecule has 4 nitrogen and oxygen atoms in total. The van der Waals surface area contributed by atoms with Crippen LogP contribution in [0.15, 0.2) is 42.6 Å². The molecule has 1 saturated carbocycles. The monoisotopic (exact) mass is 384 g/mol. The van der Waals surface area contributed by atoms with Gasteiger partial charge in [-0.05, 0) is 55.9 Å². The minimum atomic E-state index is -0.950. The molecule has 1 spiro atoms. The van der Waals surface area contributed by atoms with E-state index in [0.29, 0.717) is 37.2 Å². The highest BCUT2D eigenvalue weighted by atomic mass is 19.2. The molecule has 1 aromatic carbocycles. The van der Waals surface area contributed by atoms with Crippen LogP contribution in [0.25, 0.3) is 0 Å². The summed E-state index contributed by atoms with van der Waals surface area (Å²) in [5.41, 5.74) is 0.355. The van der Waals surface area contributed by atoms with E-state index >= 15 is 0 Å². The van der Waals surface area contributed by atoms with Crippen LogP contribution in [0.5, 0.6) is 0 Å². The molecule has 2 aliphatic rings. The Kier molecular flexibility index (Phi) is 4.96. The zero-order valence-electron chi connectivity index (χ0n) is 15.5. The normalized spacial score (nSPS) is 24.7. The molecule has 2 heterocycles. The predicted molar refractivity (Wildman–Crippen MR) is 101 cm³/mol. The Labute approximate surface area is 162 Å². The third kappa shape index (κ3) is 3.43. The summed E-state index contributed by atoms with van der Waals surface area (Å²) in [5.74, 6) is -1.76. The second kappa shape index (κ2) is 7.41. The van der Waals surface area contributed by atoms with Crippen LogP contribution < -0.4 is 4.90 Å². The number of ketones is 1. The molecule has 0 bridgehead atoms. The Morgan fingerprint density at radius 2 is 2.04 bits per heavy atom. The summed E-state index contributed by atoms with van der Waals surface area (Å²) >= 11 is 0. The number of carbonyl (C=O) groups is 2. The van der Waals surface area contributed by atoms with Crippen LogP contribution in [0.1, 0.15) is 49.0 Å². The van der Waals surface area contributed by atoms with Crippen molar-refractivity contribution >= 4 is 17.4 Å². The average Bonchev–Trinajstić information content (AvgIpc) is 3.00. The van der Waals surface area contributed by atoms with Gasteiger partial charge in [-0.25, -0.2) is 8.78 Å². The lowest BCUT2D eigenvalue weighted by Gasteiger charge is -2.36. The molecule has 2 atom stereocenters. The number of Topliss-reactive ketones (excluding diaryl/α,β-unsaturated/α-hetero) is 1. The first kappa shape index (κ1) is 18.7. The number of hydrogen-bond donors (Lipinski definition) is 0. The van der Waals surface area contributed by atoms with Crippen molar-refractivity contribution in [3.63, 3.8) is 0 Å². The van der Waals surface area contributed by atoms with E-state index in [0.717, 1.165) is 31.4 Å². The maximum Gasteiger partial charge on any atom is 0.233 e. The topological polar surface area (TPSA) is 50.3 Å². The van der Waals surface area contributed by atoms with Crippen LogP contribution in [-0.4, -0.2) is 23.2 Å². The molecule has 0 N–H and O–H groups in total. The van der Waals surface area contributed by atoms with Gasteiger partial charge in [0, 0.05) is 30.9 Å². The van der Waals surface area contributed by atoms with Gasteiger partial charge in [0.2, 0.25) is 5.91 Å². The quantitative estimate of drug-likeness (QED) is 0.727. The first-order chi connectivity index (χ1) is 13.5. The first-order valence-electron chi connectivity index (χ1n) is 9.70. The van der Waals surface area contributed by atoms with Gasteiger partial charge in [-0.15, -0.1) is 0 Å². The summed E-state index contributed by atoms with van der Waals surface area (Å²) in [6, 6.07) is 8.86. The van der Waals surface area contributed by atoms with Crippen LogP contribution >= 0.6 is 0 Å². The van der Waals surface area contributed by atoms with Crippen molar-refractivity contribution < 1.29 is 18.4 Å². The van der Waals surface area contributed by atoms with Crippen molar-refractivity contribution in [1.29, 1.82) is 0 Å². The van der Waals surface area contributed by atoms with Gasteiger partial charge in [-0.3, -0.25) is 14.6 Å². The molecule has 4 rings (SSSR count). The van der Waals surface area contributed by atoms with Gasteiger partial charge >= 0.3 is 0 Å². The van der Waals surface area contributed by atoms with Gasteiger partial charge in [0.1, 0.15) is 5.69 Å². The summed E-state index contributed by atoms with van der Waals surface area (Å²) in [4.78, 5) is 31.4. The lowest BCUT2D eigenvalue weighted by molar-refractivity contribution is -0.128. The Morgan fingerprint density at radius 3 is 2.79 bits per heavy atom. The highest BCUT2D eigenvalue weighted by molar-refractivity contribution is 6.00. The van der Waals surface area contributed by atoms with E-state index in [2.05, 4.69) is 4.98 Å². The van der Waals surface area contributed by atoms with Crippen molar-refractivity contribution in [2.45, 2.75) is 38.5 Å². The van der Waals surface area contributed by atoms with E-state index < -0.39 is 17.0 Å². The number of pyridine rings is 1. The summed E-state index contributed by atoms with van der Waals surface area (Å²) in [6.07, 6.45) is 5.91. The van der Waals surface area contributed by atoms with Crippen molar-refractivity contribution in [3.05, 3.63) is 59.9 Å². The van der Waals surface area contributed by atoms with Crippen molar-refractivity contribution in [2.75, 3.05) is 11.4 Å². The predicted octanol–water partition coefficient (Wildman–Crippen LogP) is 4.55. The molecule has 1 amide bonds. The largest absolute Gasteiger partial charge is 0.312 e. The number of halogens is 2. The molecule has 1 aromatic heterocycles. The smallest absolute Gasteiger partial charge is 0.233 e. The third-order valence-electron chi connectivity index (χ3n) is 6.10. The standard InChI is InChI=1S/C22H22F2N2O2/c23-17-7-6-16(13-18(17)24)26-11-9-22(21(26)28)8-3-4-15(14-22)12-20(27)19-5-1-2-10-25-19/h1-2,5-7,10,13,15H,3-4,8-9,11-12,14H2/t15-,22+/m1/s1. The zero-order valence-corrected chi connectivity index (χ0v) is 15.5. The van der Waals surface area contributed by atoms with Crippen LogP contribution in [-0.2, 0) is 4.79 Å². The fourth-order valence-electron chi connectivity index (χ4n) is 4.70. The van der Waals surface area contributed by atoms with E-state index in [4.69, 9.17) is 0 Å². The fourth-order valence-corrected chi connectivity index (χ4v) is 4.70. The molecule has 1 saturated heterocycles. The molecular weight excluding hydrogens is 362 g/mol. The maximum absolute atomic E-state index is 13.6. The molecule has 2 aromatic rings. The van der Waals surface area contributed by atoms with E-state index in [1.165, 1.54) is 6.07 Å². The van der Waals surface area contributed by atoms with Crippen LogP contribution in [0.2, 0.25) is 0 Å². The Balaban J connectivity index is 1.48. The van der Waals surface area contributed by atoms with Crippen molar-refractivity contribution in [3.8, 4) is 0 Å². The summed E-state index contributed by atoms with van der Waals surface area (Å²) < 4.78 is 26.8. The fraction of sp³-hybridized carbons (Fsp3) is 0.409. The van der Waals surface area contributed by atoms with E-state index in [9.17, 15) is 18.4 Å². The molecular formula is C22H22F2N2O2. The van der Waals surface area contributed by atoms with E-state index in [-0.39, 0.29) is 17.6 Å². The number of benzene rings is 1. The lowest BCUT2D eigenvalue weighted by Crippen LogP contribution is -2.38. The number of nitrogens with zero attached hydrogens (tertiary/aromatic N) is 2. The van der Waals surface area contributed by atoms with Crippen LogP contribution in [0.4, 0.5) is 14.5 Å². The van der Waals surface area contributed by atoms with Crippen LogP contribution in [0, 0.1) is 23.0 Å². The van der Waals surface area contributed by atoms with E-state index in [1.54, 1.807) is 29.3 Å². The zero-order chi connectivity index (χ0) is 19.7. The average molecular weight is 384 g/mol. The maximum atomic E-state index is 13.6. The van der Waals surface area contributed by atoms with Gasteiger partial charge in [0.05, 0.1) is 5.41 Å². The molecule has 146 valence electrons. The summed E-state index contributed by atoms with van der Waals surface area (Å²) in [6.45, 7) is 0.491. The molecule has 1 aliphatic heterocycles. The summed E-state index contributed by atoms with van der Waals surface area (Å²) in [7, 11) is 0. The second-order valence-electron chi connectivity index (χ2n) is 7.89. The van der Waals surface area contributed by atoms with E-state index in [1.807, 2.05) is 0 Å². The molecule has 2 fully saturated rings. The number of rotatable bonds is 4. The Hall–Kier alpha value is -2.63. The first-order valence-corrected chi connectivity index (χ1v) is 9.70. The number of aromatic nitrogens is 1. The second-order valence-corrected chi connectivity index (χ2v) is 7.89. The number of carbonyl (C=O) groups excluding carboxylic acids is 2. The number of anilines is 1. The third-order valence-corrected chi connectivity index (χ3v) is 6.10. The summed E-state index contributed by atoms with van der Waals surface area (Å²) in [5, 5.41) is 0. The number of hydrogen-bond acceptors (Lipinski definition) is 3. The highest BCUT2D eigenvalue weighted by Gasteiger charge is 2.49. The van der Waals surface area contributed by atoms with Gasteiger partial charge in [-0.1, -0.05) is 12.5 Å². The van der Waals surface area contributed by atoms with Gasteiger partial charge < -0.3 is 4.90 Å². The minimum absolute atomic E-state index is 0.00515. The van der Waals surface area contributed by atoms with Gasteiger partial charge in [0.25, 0.3) is 0 Å². The van der Waals surface area contributed by atoms with Crippen molar-refractivity contribution in [2.24, 2.45) is 11.3 Å². The van der Waals surface area contributed by atoms with Crippen LogP contribution in [0.3, 0.4) is 0 Å². The Bertz CT molecular complexity index is 903. The minimum Gasteiger partial charge on any atom is -0.312 e. The molecule has 28 heavy (non-hydrogen) atoms. The van der Waals surface area contributed by atoms with Crippen molar-refractivity contribution in [1.82, 2.24) is 4.98 Å². The van der Waals surface area contributed by atoms with Gasteiger partial charge in [-0.2, -0.15) is 0 Å². The molecule has 6 heteroatoms. The van der Waals surface area contributed by atoms with Gasteiger partial charge in [0.15, 0.2) is 17.4 Å². The molecule has 1 aliphatic carbocycles. The SMILES string of the molecule is O=C(C[C@H]1CCC[C@]2(CCN(c3ccc(F)c(F)c3)C2=O)C1)c1ccccn1. The molecule has 0 unspecified atom stereocenters. The Morgan fingerprint density at radius 1 is 1.18 bits per heavy atom. The lowest BCUT2D eigenvalue weighted by atomic mass is 9.67. The molecule has 0 radical (unpaired) electrons.